The molecule has 20 heavy (non-hydrogen) atoms. The van der Waals surface area contributed by atoms with Crippen molar-refractivity contribution in [2.24, 2.45) is 0 Å². The van der Waals surface area contributed by atoms with Crippen molar-refractivity contribution >= 4 is 32.9 Å². The monoisotopic (exact) mass is 288 g/mol. The molecular weight excluding hydrogens is 268 g/mol. The van der Waals surface area contributed by atoms with Crippen LogP contribution in [0.2, 0.25) is 0 Å². The van der Waals surface area contributed by atoms with Crippen LogP contribution in [0.4, 0.5) is 11.4 Å². The number of fused-ring (bicyclic) bond motifs is 1. The molecule has 0 saturated carbocycles. The third kappa shape index (κ3) is 1.96. The number of benzene rings is 1. The number of anilines is 2. The van der Waals surface area contributed by atoms with Gasteiger partial charge >= 0.3 is 0 Å². The predicted octanol–water partition coefficient (Wildman–Crippen LogP) is 2.55. The second-order valence-electron chi connectivity index (χ2n) is 5.83. The van der Waals surface area contributed by atoms with Gasteiger partial charge in [-0.1, -0.05) is 0 Å². The van der Waals surface area contributed by atoms with Gasteiger partial charge in [0.1, 0.15) is 5.52 Å². The summed E-state index contributed by atoms with van der Waals surface area (Å²) in [7, 11) is 0. The first kappa shape index (κ1) is 12.4. The maximum absolute atomic E-state index is 6.33. The van der Waals surface area contributed by atoms with Crippen LogP contribution >= 0.6 is 11.3 Å². The van der Waals surface area contributed by atoms with E-state index in [0.717, 1.165) is 24.3 Å². The Morgan fingerprint density at radius 2 is 2.05 bits per heavy atom. The molecule has 5 heteroatoms. The molecule has 4 rings (SSSR count). The fraction of sp³-hybridized carbons (Fsp3) is 0.533. The van der Waals surface area contributed by atoms with Crippen molar-refractivity contribution in [3.8, 4) is 0 Å². The Balaban J connectivity index is 1.59. The number of hydrogen-bond acceptors (Lipinski definition) is 5. The molecule has 0 radical (unpaired) electrons. The summed E-state index contributed by atoms with van der Waals surface area (Å²) in [6.45, 7) is 4.78. The lowest BCUT2D eigenvalue weighted by Crippen LogP contribution is -2.35. The first-order valence-corrected chi connectivity index (χ1v) is 8.31. The molecule has 0 aliphatic carbocycles. The lowest BCUT2D eigenvalue weighted by Gasteiger charge is -2.25. The van der Waals surface area contributed by atoms with Crippen molar-refractivity contribution in [2.45, 2.75) is 25.3 Å². The van der Waals surface area contributed by atoms with Gasteiger partial charge in [0.25, 0.3) is 0 Å². The number of rotatable bonds is 2. The molecular formula is C15H20N4S. The molecule has 2 fully saturated rings. The summed E-state index contributed by atoms with van der Waals surface area (Å²) in [5.41, 5.74) is 11.2. The Morgan fingerprint density at radius 3 is 2.90 bits per heavy atom. The maximum atomic E-state index is 6.33. The number of aromatic nitrogens is 1. The summed E-state index contributed by atoms with van der Waals surface area (Å²) in [5, 5.41) is 0. The van der Waals surface area contributed by atoms with Crippen molar-refractivity contribution in [3.63, 3.8) is 0 Å². The van der Waals surface area contributed by atoms with E-state index in [4.69, 9.17) is 5.73 Å². The van der Waals surface area contributed by atoms with Crippen LogP contribution < -0.4 is 10.6 Å². The topological polar surface area (TPSA) is 45.4 Å². The molecule has 1 aromatic carbocycles. The fourth-order valence-corrected chi connectivity index (χ4v) is 4.28. The average molecular weight is 288 g/mol. The lowest BCUT2D eigenvalue weighted by atomic mass is 10.2. The molecule has 106 valence electrons. The third-order valence-electron chi connectivity index (χ3n) is 4.68. The number of nitrogens with zero attached hydrogens (tertiary/aromatic N) is 3. The highest BCUT2D eigenvalue weighted by molar-refractivity contribution is 7.16. The molecule has 0 bridgehead atoms. The first-order chi connectivity index (χ1) is 9.83. The molecule has 2 aromatic rings. The standard InChI is InChI=1S/C15H20N4S/c16-14-12(3-4-13-15(14)17-10-20-13)19-8-5-11(9-19)18-6-1-2-7-18/h3-4,10-11H,1-2,5-9,16H2. The molecule has 1 atom stereocenters. The fourth-order valence-electron chi connectivity index (χ4n) is 3.58. The number of nitrogens with two attached hydrogens (primary N) is 1. The minimum Gasteiger partial charge on any atom is -0.395 e. The van der Waals surface area contributed by atoms with Gasteiger partial charge in [-0.3, -0.25) is 4.90 Å². The highest BCUT2D eigenvalue weighted by Crippen LogP contribution is 2.35. The van der Waals surface area contributed by atoms with Crippen LogP contribution in [-0.2, 0) is 0 Å². The van der Waals surface area contributed by atoms with Gasteiger partial charge in [0.2, 0.25) is 0 Å². The zero-order valence-corrected chi connectivity index (χ0v) is 12.4. The molecule has 1 aromatic heterocycles. The molecule has 2 aliphatic heterocycles. The Kier molecular flexibility index (Phi) is 3.04. The Labute approximate surface area is 123 Å². The highest BCUT2D eigenvalue weighted by Gasteiger charge is 2.30. The van der Waals surface area contributed by atoms with Crippen LogP contribution in [0.25, 0.3) is 10.2 Å². The number of likely N-dealkylation sites (tertiary alicyclic amines) is 1. The van der Waals surface area contributed by atoms with E-state index in [-0.39, 0.29) is 0 Å². The SMILES string of the molecule is Nc1c(N2CCC(N3CCCC3)C2)ccc2scnc12. The summed E-state index contributed by atoms with van der Waals surface area (Å²) in [6.07, 6.45) is 3.99. The van der Waals surface area contributed by atoms with Crippen LogP contribution in [0, 0.1) is 0 Å². The smallest absolute Gasteiger partial charge is 0.106 e. The number of thiazole rings is 1. The van der Waals surface area contributed by atoms with Gasteiger partial charge in [0.05, 0.1) is 21.6 Å². The Bertz CT molecular complexity index is 617. The van der Waals surface area contributed by atoms with Crippen LogP contribution in [0.5, 0.6) is 0 Å². The Hall–Kier alpha value is -1.33. The van der Waals surface area contributed by atoms with Gasteiger partial charge in [-0.15, -0.1) is 11.3 Å². The van der Waals surface area contributed by atoms with Crippen LogP contribution in [-0.4, -0.2) is 42.1 Å². The molecule has 4 nitrogen and oxygen atoms in total. The molecule has 2 aliphatic rings. The first-order valence-electron chi connectivity index (χ1n) is 7.43. The molecule has 2 saturated heterocycles. The van der Waals surface area contributed by atoms with E-state index in [1.165, 1.54) is 42.7 Å². The second kappa shape index (κ2) is 4.90. The summed E-state index contributed by atoms with van der Waals surface area (Å²) in [6, 6.07) is 5.03. The van der Waals surface area contributed by atoms with Gasteiger partial charge in [-0.05, 0) is 44.5 Å². The normalized spacial score (nSPS) is 24.0. The van der Waals surface area contributed by atoms with Crippen molar-refractivity contribution < 1.29 is 0 Å². The second-order valence-corrected chi connectivity index (χ2v) is 6.72. The van der Waals surface area contributed by atoms with Gasteiger partial charge in [0, 0.05) is 19.1 Å². The summed E-state index contributed by atoms with van der Waals surface area (Å²) < 4.78 is 1.18. The van der Waals surface area contributed by atoms with Crippen molar-refractivity contribution in [1.29, 1.82) is 0 Å². The minimum atomic E-state index is 0.711. The zero-order valence-electron chi connectivity index (χ0n) is 11.6. The van der Waals surface area contributed by atoms with E-state index in [1.54, 1.807) is 11.3 Å². The van der Waals surface area contributed by atoms with Gasteiger partial charge in [0.15, 0.2) is 0 Å². The van der Waals surface area contributed by atoms with Crippen molar-refractivity contribution in [3.05, 3.63) is 17.6 Å². The highest BCUT2D eigenvalue weighted by atomic mass is 32.1. The molecule has 0 spiro atoms. The van der Waals surface area contributed by atoms with Crippen LogP contribution in [0.15, 0.2) is 17.6 Å². The Morgan fingerprint density at radius 1 is 1.20 bits per heavy atom. The van der Waals surface area contributed by atoms with Crippen molar-refractivity contribution in [1.82, 2.24) is 9.88 Å². The van der Waals surface area contributed by atoms with E-state index < -0.39 is 0 Å². The largest absolute Gasteiger partial charge is 0.395 e. The van der Waals surface area contributed by atoms with E-state index in [9.17, 15) is 0 Å². The maximum Gasteiger partial charge on any atom is 0.106 e. The third-order valence-corrected chi connectivity index (χ3v) is 5.47. The van der Waals surface area contributed by atoms with Crippen LogP contribution in [0.3, 0.4) is 0 Å². The van der Waals surface area contributed by atoms with E-state index in [2.05, 4.69) is 26.9 Å². The minimum absolute atomic E-state index is 0.711. The summed E-state index contributed by atoms with van der Waals surface area (Å²) in [5.74, 6) is 0. The average Bonchev–Trinajstić information content (AvgIpc) is 3.20. The van der Waals surface area contributed by atoms with Gasteiger partial charge in [-0.2, -0.15) is 0 Å². The lowest BCUT2D eigenvalue weighted by molar-refractivity contribution is 0.260. The molecule has 3 heterocycles. The number of nitrogen functional groups attached to an aromatic ring is 1. The summed E-state index contributed by atoms with van der Waals surface area (Å²) in [4.78, 5) is 9.50. The van der Waals surface area contributed by atoms with Gasteiger partial charge in [-0.25, -0.2) is 4.98 Å². The quantitative estimate of drug-likeness (QED) is 0.863. The molecule has 0 amide bonds. The number of hydrogen-bond donors (Lipinski definition) is 1. The van der Waals surface area contributed by atoms with Crippen molar-refractivity contribution in [2.75, 3.05) is 36.8 Å². The molecule has 1 unspecified atom stereocenters. The van der Waals surface area contributed by atoms with E-state index in [1.807, 2.05) is 5.51 Å². The van der Waals surface area contributed by atoms with E-state index >= 15 is 0 Å². The van der Waals surface area contributed by atoms with E-state index in [0.29, 0.717) is 6.04 Å². The predicted molar refractivity (Wildman–Crippen MR) is 85.5 cm³/mol. The van der Waals surface area contributed by atoms with Crippen LogP contribution in [0.1, 0.15) is 19.3 Å². The summed E-state index contributed by atoms with van der Waals surface area (Å²) >= 11 is 1.66. The zero-order chi connectivity index (χ0) is 13.5. The van der Waals surface area contributed by atoms with Gasteiger partial charge < -0.3 is 10.6 Å². The molecule has 2 N–H and O–H groups in total.